The first-order chi connectivity index (χ1) is 16.0. The Labute approximate surface area is 204 Å². The van der Waals surface area contributed by atoms with Crippen LogP contribution in [-0.4, -0.2) is 33.2 Å². The lowest BCUT2D eigenvalue weighted by atomic mass is 9.90. The minimum absolute atomic E-state index is 0.0927. The number of nitrogens with zero attached hydrogens (tertiary/aromatic N) is 3. The number of carbonyl (C=O) groups is 2. The van der Waals surface area contributed by atoms with Crippen LogP contribution >= 0.6 is 0 Å². The summed E-state index contributed by atoms with van der Waals surface area (Å²) in [5, 5.41) is 8.12. The Morgan fingerprint density at radius 3 is 2.32 bits per heavy atom. The molecule has 0 spiro atoms. The normalized spacial score (nSPS) is 22.2. The highest BCUT2D eigenvalue weighted by Gasteiger charge is 2.50. The van der Waals surface area contributed by atoms with Gasteiger partial charge in [-0.25, -0.2) is 0 Å². The summed E-state index contributed by atoms with van der Waals surface area (Å²) in [7, 11) is 0. The van der Waals surface area contributed by atoms with E-state index < -0.39 is 5.54 Å². The molecule has 2 aliphatic rings. The summed E-state index contributed by atoms with van der Waals surface area (Å²) in [6.45, 7) is 12.5. The molecule has 2 heterocycles. The first-order valence-corrected chi connectivity index (χ1v) is 12.8. The van der Waals surface area contributed by atoms with Gasteiger partial charge in [-0.3, -0.25) is 19.2 Å². The highest BCUT2D eigenvalue weighted by Crippen LogP contribution is 2.36. The fourth-order valence-electron chi connectivity index (χ4n) is 5.32. The fourth-order valence-corrected chi connectivity index (χ4v) is 5.32. The number of carbonyl (C=O) groups excluding carboxylic acids is 2. The van der Waals surface area contributed by atoms with E-state index in [1.807, 2.05) is 39.0 Å². The van der Waals surface area contributed by atoms with Gasteiger partial charge in [0.2, 0.25) is 5.91 Å². The van der Waals surface area contributed by atoms with Crippen LogP contribution in [0.25, 0.3) is 0 Å². The summed E-state index contributed by atoms with van der Waals surface area (Å²) < 4.78 is 1.75. The topological polar surface area (TPSA) is 67.2 Å². The molecule has 1 fully saturated rings. The van der Waals surface area contributed by atoms with Crippen LogP contribution in [-0.2, 0) is 16.8 Å². The maximum Gasteiger partial charge on any atom is 0.277 e. The van der Waals surface area contributed by atoms with E-state index in [9.17, 15) is 9.59 Å². The molecule has 4 rings (SSSR count). The van der Waals surface area contributed by atoms with Crippen LogP contribution < -0.4 is 10.2 Å². The molecule has 184 valence electrons. The maximum absolute atomic E-state index is 14.0. The number of hydrogen-bond donors (Lipinski definition) is 1. The van der Waals surface area contributed by atoms with Gasteiger partial charge in [0.1, 0.15) is 11.2 Å². The number of anilines is 1. The molecule has 1 aromatic heterocycles. The van der Waals surface area contributed by atoms with Gasteiger partial charge >= 0.3 is 0 Å². The Balaban J connectivity index is 1.76. The van der Waals surface area contributed by atoms with Crippen molar-refractivity contribution >= 4 is 17.5 Å². The molecule has 2 amide bonds. The molecule has 0 saturated heterocycles. The number of aryl methyl sites for hydroxylation is 2. The molecule has 1 aromatic carbocycles. The third-order valence-corrected chi connectivity index (χ3v) is 7.44. The molecule has 1 N–H and O–H groups in total. The van der Waals surface area contributed by atoms with Gasteiger partial charge in [0.25, 0.3) is 5.91 Å². The maximum atomic E-state index is 14.0. The van der Waals surface area contributed by atoms with Crippen molar-refractivity contribution in [3.05, 3.63) is 46.8 Å². The minimum Gasteiger partial charge on any atom is -0.351 e. The first kappa shape index (κ1) is 24.5. The fraction of sp³-hybridized carbons (Fsp3) is 0.607. The van der Waals surface area contributed by atoms with Crippen molar-refractivity contribution in [2.75, 3.05) is 4.90 Å². The Morgan fingerprint density at radius 2 is 1.71 bits per heavy atom. The Morgan fingerprint density at radius 1 is 1.06 bits per heavy atom. The SMILES string of the molecule is Cc1ccc(N2C(=O)c3cc(C(C)(C)C)nn3C[C@]2(C)C(=O)NC2CCCCCCC2)c(C)c1. The minimum atomic E-state index is -1.08. The van der Waals surface area contributed by atoms with Gasteiger partial charge in [-0.05, 0) is 51.3 Å². The highest BCUT2D eigenvalue weighted by molar-refractivity contribution is 6.12. The van der Waals surface area contributed by atoms with Gasteiger partial charge in [0, 0.05) is 17.1 Å². The standard InChI is InChI=1S/C28H40N4O2/c1-19-14-15-22(20(2)16-19)32-25(33)23-17-24(27(3,4)5)30-31(23)18-28(32,6)26(34)29-21-12-10-8-7-9-11-13-21/h14-17,21H,7-13,18H2,1-6H3,(H,29,34)/t28-/m1/s1. The van der Waals surface area contributed by atoms with E-state index >= 15 is 0 Å². The molecule has 0 bridgehead atoms. The van der Waals surface area contributed by atoms with Crippen molar-refractivity contribution in [3.63, 3.8) is 0 Å². The number of nitrogens with one attached hydrogen (secondary N) is 1. The predicted molar refractivity (Wildman–Crippen MR) is 136 cm³/mol. The van der Waals surface area contributed by atoms with Gasteiger partial charge in [-0.1, -0.05) is 70.6 Å². The summed E-state index contributed by atoms with van der Waals surface area (Å²) in [6.07, 6.45) is 8.01. The Hall–Kier alpha value is -2.63. The van der Waals surface area contributed by atoms with Crippen molar-refractivity contribution in [2.45, 2.75) is 110 Å². The summed E-state index contributed by atoms with van der Waals surface area (Å²) >= 11 is 0. The van der Waals surface area contributed by atoms with Crippen LogP contribution in [0, 0.1) is 13.8 Å². The largest absolute Gasteiger partial charge is 0.351 e. The molecule has 1 aliphatic carbocycles. The summed E-state index contributed by atoms with van der Waals surface area (Å²) in [5.41, 5.74) is 3.05. The molecule has 6 heteroatoms. The smallest absolute Gasteiger partial charge is 0.277 e. The summed E-state index contributed by atoms with van der Waals surface area (Å²) in [4.78, 5) is 29.7. The predicted octanol–water partition coefficient (Wildman–Crippen LogP) is 5.45. The van der Waals surface area contributed by atoms with Gasteiger partial charge in [-0.15, -0.1) is 0 Å². The van der Waals surface area contributed by atoms with E-state index in [0.29, 0.717) is 12.2 Å². The van der Waals surface area contributed by atoms with Crippen molar-refractivity contribution in [1.82, 2.24) is 15.1 Å². The second-order valence-corrected chi connectivity index (χ2v) is 11.5. The van der Waals surface area contributed by atoms with Crippen molar-refractivity contribution < 1.29 is 9.59 Å². The molecule has 0 unspecified atom stereocenters. The zero-order chi connectivity index (χ0) is 24.7. The zero-order valence-corrected chi connectivity index (χ0v) is 21.7. The number of aromatic nitrogens is 2. The van der Waals surface area contributed by atoms with Gasteiger partial charge < -0.3 is 5.32 Å². The van der Waals surface area contributed by atoms with Crippen LogP contribution in [0.3, 0.4) is 0 Å². The van der Waals surface area contributed by atoms with E-state index in [0.717, 1.165) is 48.2 Å². The monoisotopic (exact) mass is 464 g/mol. The quantitative estimate of drug-likeness (QED) is 0.657. The lowest BCUT2D eigenvalue weighted by Crippen LogP contribution is -2.65. The lowest BCUT2D eigenvalue weighted by Gasteiger charge is -2.44. The van der Waals surface area contributed by atoms with Crippen LogP contribution in [0.4, 0.5) is 5.69 Å². The molecular formula is C28H40N4O2. The number of fused-ring (bicyclic) bond motifs is 1. The van der Waals surface area contributed by atoms with Gasteiger partial charge in [0.05, 0.1) is 12.2 Å². The molecule has 1 aliphatic heterocycles. The number of hydrogen-bond acceptors (Lipinski definition) is 3. The van der Waals surface area contributed by atoms with Crippen LogP contribution in [0.1, 0.15) is 99.9 Å². The van der Waals surface area contributed by atoms with Crippen molar-refractivity contribution in [2.24, 2.45) is 0 Å². The van der Waals surface area contributed by atoms with E-state index in [1.54, 1.807) is 9.58 Å². The van der Waals surface area contributed by atoms with Crippen LogP contribution in [0.15, 0.2) is 24.3 Å². The molecule has 34 heavy (non-hydrogen) atoms. The van der Waals surface area contributed by atoms with Crippen LogP contribution in [0.2, 0.25) is 0 Å². The van der Waals surface area contributed by atoms with Gasteiger partial charge in [0.15, 0.2) is 0 Å². The molecule has 1 saturated carbocycles. The van der Waals surface area contributed by atoms with E-state index in [2.05, 4.69) is 32.2 Å². The average Bonchev–Trinajstić information content (AvgIpc) is 3.16. The molecule has 1 atom stereocenters. The van der Waals surface area contributed by atoms with E-state index in [4.69, 9.17) is 5.10 Å². The first-order valence-electron chi connectivity index (χ1n) is 12.8. The Bertz CT molecular complexity index is 1070. The van der Waals surface area contributed by atoms with Crippen LogP contribution in [0.5, 0.6) is 0 Å². The van der Waals surface area contributed by atoms with Crippen molar-refractivity contribution in [3.8, 4) is 0 Å². The third kappa shape index (κ3) is 4.64. The summed E-state index contributed by atoms with van der Waals surface area (Å²) in [6, 6.07) is 8.10. The molecule has 6 nitrogen and oxygen atoms in total. The summed E-state index contributed by atoms with van der Waals surface area (Å²) in [5.74, 6) is -0.263. The second-order valence-electron chi connectivity index (χ2n) is 11.5. The molecule has 2 aromatic rings. The highest BCUT2D eigenvalue weighted by atomic mass is 16.2. The van der Waals surface area contributed by atoms with Gasteiger partial charge in [-0.2, -0.15) is 5.10 Å². The second kappa shape index (κ2) is 9.20. The average molecular weight is 465 g/mol. The molecule has 0 radical (unpaired) electrons. The van der Waals surface area contributed by atoms with Crippen molar-refractivity contribution in [1.29, 1.82) is 0 Å². The number of benzene rings is 1. The lowest BCUT2D eigenvalue weighted by molar-refractivity contribution is -0.127. The third-order valence-electron chi connectivity index (χ3n) is 7.44. The Kier molecular flexibility index (Phi) is 6.63. The number of rotatable bonds is 3. The number of amides is 2. The van der Waals surface area contributed by atoms with E-state index in [1.165, 1.54) is 19.3 Å². The molecular weight excluding hydrogens is 424 g/mol. The zero-order valence-electron chi connectivity index (χ0n) is 21.7. The van der Waals surface area contributed by atoms with E-state index in [-0.39, 0.29) is 23.3 Å².